The topological polar surface area (TPSA) is 44.1 Å². The molecule has 2 saturated carbocycles. The number of nitrogens with zero attached hydrogens (tertiary/aromatic N) is 2. The van der Waals surface area contributed by atoms with Crippen LogP contribution in [0.5, 0.6) is 0 Å². The zero-order valence-electron chi connectivity index (χ0n) is 12.4. The van der Waals surface area contributed by atoms with Crippen molar-refractivity contribution in [3.05, 3.63) is 0 Å². The molecule has 0 aromatic carbocycles. The Bertz CT molecular complexity index is 408. The van der Waals surface area contributed by atoms with Crippen LogP contribution in [-0.2, 0) is 4.79 Å². The molecule has 0 radical (unpaired) electrons. The van der Waals surface area contributed by atoms with Crippen molar-refractivity contribution in [1.29, 1.82) is 5.26 Å². The Morgan fingerprint density at radius 2 is 2.00 bits per heavy atom. The number of rotatable bonds is 4. The van der Waals surface area contributed by atoms with Crippen molar-refractivity contribution in [3.8, 4) is 6.07 Å². The Labute approximate surface area is 122 Å². The smallest absolute Gasteiger partial charge is 0.137 e. The number of Topliss-reactive ketones (excluding diaryl/α,β-unsaturated/α-hetero) is 1. The average molecular weight is 274 g/mol. The Morgan fingerprint density at radius 1 is 1.20 bits per heavy atom. The zero-order chi connectivity index (χ0) is 14.0. The van der Waals surface area contributed by atoms with Crippen LogP contribution in [0.2, 0.25) is 0 Å². The molecule has 2 unspecified atom stereocenters. The monoisotopic (exact) mass is 274 g/mol. The molecule has 0 spiro atoms. The maximum atomic E-state index is 12.3. The van der Waals surface area contributed by atoms with Crippen LogP contribution < -0.4 is 0 Å². The molecular formula is C17H26N2O. The summed E-state index contributed by atoms with van der Waals surface area (Å²) in [5.41, 5.74) is 0.280. The van der Waals surface area contributed by atoms with Crippen LogP contribution in [0.4, 0.5) is 0 Å². The molecular weight excluding hydrogens is 248 g/mol. The number of piperidine rings is 1. The van der Waals surface area contributed by atoms with Gasteiger partial charge in [-0.1, -0.05) is 12.8 Å². The fourth-order valence-electron chi connectivity index (χ4n) is 4.25. The summed E-state index contributed by atoms with van der Waals surface area (Å²) in [5.74, 6) is 0.806. The molecule has 0 amide bonds. The van der Waals surface area contributed by atoms with Gasteiger partial charge in [-0.25, -0.2) is 0 Å². The first-order valence-electron chi connectivity index (χ1n) is 8.38. The van der Waals surface area contributed by atoms with E-state index in [1.165, 1.54) is 38.5 Å². The Morgan fingerprint density at radius 3 is 2.70 bits per heavy atom. The molecule has 0 aromatic heterocycles. The summed E-state index contributed by atoms with van der Waals surface area (Å²) >= 11 is 0. The molecule has 3 fully saturated rings. The van der Waals surface area contributed by atoms with Crippen molar-refractivity contribution in [1.82, 2.24) is 4.90 Å². The lowest BCUT2D eigenvalue weighted by atomic mass is 9.78. The van der Waals surface area contributed by atoms with E-state index >= 15 is 0 Å². The van der Waals surface area contributed by atoms with E-state index in [-0.39, 0.29) is 5.41 Å². The molecule has 0 N–H and O–H groups in total. The largest absolute Gasteiger partial charge is 0.299 e. The number of likely N-dealkylation sites (tertiary alicyclic amines) is 1. The van der Waals surface area contributed by atoms with E-state index in [9.17, 15) is 4.79 Å². The van der Waals surface area contributed by atoms with E-state index < -0.39 is 0 Å². The van der Waals surface area contributed by atoms with Gasteiger partial charge in [0.1, 0.15) is 5.78 Å². The predicted octanol–water partition coefficient (Wildman–Crippen LogP) is 3.29. The lowest BCUT2D eigenvalue weighted by molar-refractivity contribution is -0.128. The quantitative estimate of drug-likeness (QED) is 0.790. The molecule has 20 heavy (non-hydrogen) atoms. The second-order valence-corrected chi connectivity index (χ2v) is 7.19. The third-order valence-corrected chi connectivity index (χ3v) is 5.68. The van der Waals surface area contributed by atoms with Crippen molar-refractivity contribution >= 4 is 5.78 Å². The Balaban J connectivity index is 1.67. The minimum absolute atomic E-state index is 0.280. The fraction of sp³-hybridized carbons (Fsp3) is 0.882. The lowest BCUT2D eigenvalue weighted by Crippen LogP contribution is -2.49. The highest BCUT2D eigenvalue weighted by Crippen LogP contribution is 2.50. The van der Waals surface area contributed by atoms with Crippen LogP contribution in [0.25, 0.3) is 0 Å². The average Bonchev–Trinajstić information content (AvgIpc) is 3.20. The maximum absolute atomic E-state index is 12.3. The van der Waals surface area contributed by atoms with Gasteiger partial charge in [0.05, 0.1) is 6.07 Å². The first-order chi connectivity index (χ1) is 9.74. The van der Waals surface area contributed by atoms with E-state index in [0.29, 0.717) is 24.2 Å². The zero-order valence-corrected chi connectivity index (χ0v) is 12.4. The van der Waals surface area contributed by atoms with E-state index in [1.54, 1.807) is 0 Å². The van der Waals surface area contributed by atoms with Gasteiger partial charge in [0, 0.05) is 31.3 Å². The summed E-state index contributed by atoms with van der Waals surface area (Å²) < 4.78 is 0. The summed E-state index contributed by atoms with van der Waals surface area (Å²) in [5, 5.41) is 9.01. The van der Waals surface area contributed by atoms with Crippen LogP contribution in [0.1, 0.15) is 64.2 Å². The van der Waals surface area contributed by atoms with E-state index in [4.69, 9.17) is 5.26 Å². The molecule has 3 nitrogen and oxygen atoms in total. The van der Waals surface area contributed by atoms with E-state index in [2.05, 4.69) is 11.0 Å². The summed E-state index contributed by atoms with van der Waals surface area (Å²) in [4.78, 5) is 14.9. The number of nitriles is 1. The standard InChI is InChI=1S/C17H26N2O/c18-11-10-17(8-9-17)13-19-12-4-3-6-15(19)14-5-1-2-7-16(14)20/h14-15H,1-10,12-13H2. The van der Waals surface area contributed by atoms with Gasteiger partial charge in [-0.05, 0) is 50.5 Å². The van der Waals surface area contributed by atoms with E-state index in [1.807, 2.05) is 0 Å². The number of carbonyl (C=O) groups is 1. The van der Waals surface area contributed by atoms with Crippen molar-refractivity contribution in [3.63, 3.8) is 0 Å². The van der Waals surface area contributed by atoms with E-state index in [0.717, 1.165) is 32.4 Å². The fourth-order valence-corrected chi connectivity index (χ4v) is 4.25. The molecule has 1 saturated heterocycles. The maximum Gasteiger partial charge on any atom is 0.137 e. The van der Waals surface area contributed by atoms with Gasteiger partial charge in [-0.3, -0.25) is 9.69 Å². The number of carbonyl (C=O) groups excluding carboxylic acids is 1. The molecule has 1 aliphatic heterocycles. The number of hydrogen-bond donors (Lipinski definition) is 0. The third kappa shape index (κ3) is 2.91. The van der Waals surface area contributed by atoms with Crippen LogP contribution in [-0.4, -0.2) is 29.8 Å². The number of hydrogen-bond acceptors (Lipinski definition) is 3. The summed E-state index contributed by atoms with van der Waals surface area (Å²) in [6, 6.07) is 2.85. The van der Waals surface area contributed by atoms with Crippen LogP contribution >= 0.6 is 0 Å². The molecule has 2 atom stereocenters. The molecule has 0 bridgehead atoms. The SMILES string of the molecule is N#CCC1(CN2CCCCC2C2CCCCC2=O)CC1. The van der Waals surface area contributed by atoms with Gasteiger partial charge < -0.3 is 0 Å². The van der Waals surface area contributed by atoms with Crippen molar-refractivity contribution in [2.75, 3.05) is 13.1 Å². The molecule has 2 aliphatic carbocycles. The Hall–Kier alpha value is -0.880. The van der Waals surface area contributed by atoms with Crippen molar-refractivity contribution in [2.45, 2.75) is 70.3 Å². The van der Waals surface area contributed by atoms with Gasteiger partial charge in [0.15, 0.2) is 0 Å². The Kier molecular flexibility index (Phi) is 4.12. The highest BCUT2D eigenvalue weighted by atomic mass is 16.1. The van der Waals surface area contributed by atoms with Gasteiger partial charge >= 0.3 is 0 Å². The minimum atomic E-state index is 0.280. The summed E-state index contributed by atoms with van der Waals surface area (Å²) in [6.45, 7) is 2.20. The van der Waals surface area contributed by atoms with Crippen LogP contribution in [0, 0.1) is 22.7 Å². The molecule has 3 rings (SSSR count). The third-order valence-electron chi connectivity index (χ3n) is 5.68. The summed E-state index contributed by atoms with van der Waals surface area (Å²) in [6.07, 6.45) is 11.1. The van der Waals surface area contributed by atoms with Crippen LogP contribution in [0.3, 0.4) is 0 Å². The number of ketones is 1. The van der Waals surface area contributed by atoms with Gasteiger partial charge in [0.25, 0.3) is 0 Å². The lowest BCUT2D eigenvalue weighted by Gasteiger charge is -2.42. The van der Waals surface area contributed by atoms with Crippen molar-refractivity contribution < 1.29 is 4.79 Å². The van der Waals surface area contributed by atoms with Gasteiger partial charge in [-0.15, -0.1) is 0 Å². The minimum Gasteiger partial charge on any atom is -0.299 e. The molecule has 3 heteroatoms. The second kappa shape index (κ2) is 5.85. The summed E-state index contributed by atoms with van der Waals surface area (Å²) in [7, 11) is 0. The molecule has 1 heterocycles. The highest BCUT2D eigenvalue weighted by molar-refractivity contribution is 5.82. The second-order valence-electron chi connectivity index (χ2n) is 7.19. The molecule has 3 aliphatic rings. The molecule has 0 aromatic rings. The predicted molar refractivity (Wildman–Crippen MR) is 78.1 cm³/mol. The van der Waals surface area contributed by atoms with Gasteiger partial charge in [0.2, 0.25) is 0 Å². The van der Waals surface area contributed by atoms with Crippen LogP contribution in [0.15, 0.2) is 0 Å². The molecule has 110 valence electrons. The van der Waals surface area contributed by atoms with Gasteiger partial charge in [-0.2, -0.15) is 5.26 Å². The highest BCUT2D eigenvalue weighted by Gasteiger charge is 2.46. The first-order valence-corrected chi connectivity index (χ1v) is 8.38. The first kappa shape index (κ1) is 14.1. The van der Waals surface area contributed by atoms with Crippen molar-refractivity contribution in [2.24, 2.45) is 11.3 Å². The normalized spacial score (nSPS) is 33.6.